The lowest BCUT2D eigenvalue weighted by Crippen LogP contribution is -2.17. The molecular formula is C21H25BrN2O3. The molecule has 1 amide bonds. The lowest BCUT2D eigenvalue weighted by molar-refractivity contribution is 0.0955. The quantitative estimate of drug-likeness (QED) is 0.319. The summed E-state index contributed by atoms with van der Waals surface area (Å²) in [4.78, 5) is 12.0. The van der Waals surface area contributed by atoms with Crippen LogP contribution in [0.25, 0.3) is 0 Å². The molecule has 2 aromatic carbocycles. The van der Waals surface area contributed by atoms with Crippen LogP contribution in [0.2, 0.25) is 0 Å². The van der Waals surface area contributed by atoms with Crippen molar-refractivity contribution < 1.29 is 14.3 Å². The Balaban J connectivity index is 1.91. The van der Waals surface area contributed by atoms with E-state index in [1.807, 2.05) is 30.3 Å². The van der Waals surface area contributed by atoms with E-state index in [0.29, 0.717) is 23.7 Å². The molecule has 0 atom stereocenters. The first-order valence-electron chi connectivity index (χ1n) is 9.04. The third kappa shape index (κ3) is 7.06. The number of unbranched alkanes of at least 4 members (excludes halogenated alkanes) is 3. The Hall–Kier alpha value is -2.34. The van der Waals surface area contributed by atoms with E-state index in [9.17, 15) is 4.79 Å². The number of ether oxygens (including phenoxy) is 2. The normalized spacial score (nSPS) is 10.8. The molecule has 144 valence electrons. The lowest BCUT2D eigenvalue weighted by Gasteiger charge is -2.11. The molecule has 0 unspecified atom stereocenters. The standard InChI is InChI=1S/C21H25BrN2O3/c1-3-4-5-6-13-27-19-12-7-16(14-20(19)26-2)15-23-24-21(25)17-8-10-18(22)11-9-17/h7-12,14-15H,3-6,13H2,1-2H3,(H,24,25)/b23-15+. The molecule has 0 saturated carbocycles. The third-order valence-electron chi connectivity index (χ3n) is 3.93. The fraction of sp³-hybridized carbons (Fsp3) is 0.333. The van der Waals surface area contributed by atoms with Crippen LogP contribution >= 0.6 is 15.9 Å². The summed E-state index contributed by atoms with van der Waals surface area (Å²) < 4.78 is 12.1. The van der Waals surface area contributed by atoms with Gasteiger partial charge in [0.2, 0.25) is 0 Å². The molecule has 27 heavy (non-hydrogen) atoms. The van der Waals surface area contributed by atoms with E-state index in [2.05, 4.69) is 33.4 Å². The number of hydrogen-bond donors (Lipinski definition) is 1. The minimum Gasteiger partial charge on any atom is -0.493 e. The Kier molecular flexibility index (Phi) is 8.84. The number of rotatable bonds is 10. The van der Waals surface area contributed by atoms with Crippen LogP contribution in [-0.4, -0.2) is 25.8 Å². The number of carbonyl (C=O) groups is 1. The van der Waals surface area contributed by atoms with Crippen LogP contribution in [0.4, 0.5) is 0 Å². The van der Waals surface area contributed by atoms with E-state index in [4.69, 9.17) is 9.47 Å². The van der Waals surface area contributed by atoms with E-state index in [0.717, 1.165) is 16.5 Å². The summed E-state index contributed by atoms with van der Waals surface area (Å²) >= 11 is 3.34. The van der Waals surface area contributed by atoms with Crippen molar-refractivity contribution in [3.63, 3.8) is 0 Å². The van der Waals surface area contributed by atoms with Gasteiger partial charge in [0.1, 0.15) is 0 Å². The van der Waals surface area contributed by atoms with E-state index < -0.39 is 0 Å². The van der Waals surface area contributed by atoms with Gasteiger partial charge in [-0.1, -0.05) is 42.1 Å². The predicted molar refractivity (Wildman–Crippen MR) is 112 cm³/mol. The molecule has 2 aromatic rings. The van der Waals surface area contributed by atoms with E-state index in [-0.39, 0.29) is 5.91 Å². The highest BCUT2D eigenvalue weighted by Crippen LogP contribution is 2.27. The molecule has 0 fully saturated rings. The molecule has 0 bridgehead atoms. The second-order valence-corrected chi connectivity index (χ2v) is 6.94. The largest absolute Gasteiger partial charge is 0.493 e. The van der Waals surface area contributed by atoms with Crippen molar-refractivity contribution in [2.24, 2.45) is 5.10 Å². The van der Waals surface area contributed by atoms with Gasteiger partial charge in [0.05, 0.1) is 19.9 Å². The van der Waals surface area contributed by atoms with Crippen LogP contribution in [0.1, 0.15) is 48.5 Å². The summed E-state index contributed by atoms with van der Waals surface area (Å²) in [5, 5.41) is 4.01. The van der Waals surface area contributed by atoms with Gasteiger partial charge in [0, 0.05) is 10.0 Å². The third-order valence-corrected chi connectivity index (χ3v) is 4.46. The molecule has 0 spiro atoms. The van der Waals surface area contributed by atoms with Gasteiger partial charge in [-0.25, -0.2) is 5.43 Å². The number of hydrazone groups is 1. The average molecular weight is 433 g/mol. The number of benzene rings is 2. The van der Waals surface area contributed by atoms with Gasteiger partial charge < -0.3 is 9.47 Å². The molecule has 0 aliphatic carbocycles. The molecule has 0 aliphatic rings. The van der Waals surface area contributed by atoms with Crippen LogP contribution in [0.3, 0.4) is 0 Å². The number of amides is 1. The predicted octanol–water partition coefficient (Wildman–Crippen LogP) is 5.18. The number of carbonyl (C=O) groups excluding carboxylic acids is 1. The molecule has 0 aliphatic heterocycles. The summed E-state index contributed by atoms with van der Waals surface area (Å²) in [5.41, 5.74) is 3.86. The number of methoxy groups -OCH3 is 1. The maximum absolute atomic E-state index is 12.0. The van der Waals surface area contributed by atoms with Gasteiger partial charge in [0.15, 0.2) is 11.5 Å². The highest BCUT2D eigenvalue weighted by atomic mass is 79.9. The first-order chi connectivity index (χ1) is 13.1. The van der Waals surface area contributed by atoms with Crippen molar-refractivity contribution in [2.45, 2.75) is 32.6 Å². The number of halogens is 1. The first kappa shape index (κ1) is 21.0. The molecule has 0 heterocycles. The van der Waals surface area contributed by atoms with E-state index >= 15 is 0 Å². The smallest absolute Gasteiger partial charge is 0.271 e. The maximum Gasteiger partial charge on any atom is 0.271 e. The van der Waals surface area contributed by atoms with Crippen LogP contribution in [0.5, 0.6) is 11.5 Å². The summed E-state index contributed by atoms with van der Waals surface area (Å²) in [7, 11) is 1.61. The van der Waals surface area contributed by atoms with E-state index in [1.54, 1.807) is 25.5 Å². The van der Waals surface area contributed by atoms with Crippen molar-refractivity contribution in [1.82, 2.24) is 5.43 Å². The minimum atomic E-state index is -0.266. The Morgan fingerprint density at radius 2 is 1.89 bits per heavy atom. The fourth-order valence-electron chi connectivity index (χ4n) is 2.43. The molecule has 0 aromatic heterocycles. The topological polar surface area (TPSA) is 59.9 Å². The summed E-state index contributed by atoms with van der Waals surface area (Å²) in [5.74, 6) is 1.09. The molecule has 0 radical (unpaired) electrons. The summed E-state index contributed by atoms with van der Waals surface area (Å²) in [6.45, 7) is 2.86. The van der Waals surface area contributed by atoms with Crippen LogP contribution in [-0.2, 0) is 0 Å². The van der Waals surface area contributed by atoms with Gasteiger partial charge in [-0.2, -0.15) is 5.10 Å². The monoisotopic (exact) mass is 432 g/mol. The molecule has 6 heteroatoms. The number of nitrogens with zero attached hydrogens (tertiary/aromatic N) is 1. The number of hydrogen-bond acceptors (Lipinski definition) is 4. The van der Waals surface area contributed by atoms with E-state index in [1.165, 1.54) is 19.3 Å². The average Bonchev–Trinajstić information content (AvgIpc) is 2.69. The van der Waals surface area contributed by atoms with Crippen LogP contribution in [0, 0.1) is 0 Å². The summed E-state index contributed by atoms with van der Waals surface area (Å²) in [6, 6.07) is 12.6. The van der Waals surface area contributed by atoms with Crippen molar-refractivity contribution >= 4 is 28.1 Å². The van der Waals surface area contributed by atoms with Gasteiger partial charge in [0.25, 0.3) is 5.91 Å². The van der Waals surface area contributed by atoms with Crippen LogP contribution < -0.4 is 14.9 Å². The zero-order valence-electron chi connectivity index (χ0n) is 15.7. The second kappa shape index (κ2) is 11.4. The molecule has 2 rings (SSSR count). The molecule has 0 saturated heterocycles. The number of nitrogens with one attached hydrogen (secondary N) is 1. The minimum absolute atomic E-state index is 0.266. The first-order valence-corrected chi connectivity index (χ1v) is 9.83. The molecule has 1 N–H and O–H groups in total. The van der Waals surface area contributed by atoms with Gasteiger partial charge in [-0.15, -0.1) is 0 Å². The Bertz CT molecular complexity index is 761. The SMILES string of the molecule is CCCCCCOc1ccc(/C=N/NC(=O)c2ccc(Br)cc2)cc1OC. The van der Waals surface area contributed by atoms with Crippen molar-refractivity contribution in [1.29, 1.82) is 0 Å². The Morgan fingerprint density at radius 1 is 1.11 bits per heavy atom. The Labute approximate surface area is 168 Å². The second-order valence-electron chi connectivity index (χ2n) is 6.03. The van der Waals surface area contributed by atoms with Gasteiger partial charge in [-0.3, -0.25) is 4.79 Å². The zero-order valence-corrected chi connectivity index (χ0v) is 17.3. The zero-order chi connectivity index (χ0) is 19.5. The van der Waals surface area contributed by atoms with Crippen LogP contribution in [0.15, 0.2) is 52.0 Å². The highest BCUT2D eigenvalue weighted by molar-refractivity contribution is 9.10. The molecule has 5 nitrogen and oxygen atoms in total. The van der Waals surface area contributed by atoms with Crippen molar-refractivity contribution in [2.75, 3.05) is 13.7 Å². The fourth-order valence-corrected chi connectivity index (χ4v) is 2.69. The summed E-state index contributed by atoms with van der Waals surface area (Å²) in [6.07, 6.45) is 6.20. The molecular weight excluding hydrogens is 408 g/mol. The highest BCUT2D eigenvalue weighted by Gasteiger charge is 2.06. The van der Waals surface area contributed by atoms with Crippen molar-refractivity contribution in [3.8, 4) is 11.5 Å². The lowest BCUT2D eigenvalue weighted by atomic mass is 10.2. The van der Waals surface area contributed by atoms with Gasteiger partial charge in [-0.05, 0) is 54.4 Å². The maximum atomic E-state index is 12.0. The Morgan fingerprint density at radius 3 is 2.59 bits per heavy atom. The van der Waals surface area contributed by atoms with Crippen molar-refractivity contribution in [3.05, 3.63) is 58.1 Å². The van der Waals surface area contributed by atoms with Gasteiger partial charge >= 0.3 is 0 Å².